The summed E-state index contributed by atoms with van der Waals surface area (Å²) in [4.78, 5) is 28.3. The maximum absolute atomic E-state index is 14.7. The highest BCUT2D eigenvalue weighted by Gasteiger charge is 2.36. The van der Waals surface area contributed by atoms with Gasteiger partial charge in [0.1, 0.15) is 18.4 Å². The van der Waals surface area contributed by atoms with Crippen LogP contribution in [0.4, 0.5) is 10.1 Å². The van der Waals surface area contributed by atoms with Gasteiger partial charge in [-0.3, -0.25) is 9.59 Å². The molecule has 0 saturated carbocycles. The molecule has 2 rings (SSSR count). The van der Waals surface area contributed by atoms with E-state index in [2.05, 4.69) is 5.32 Å². The molecule has 204 valence electrons. The van der Waals surface area contributed by atoms with Crippen molar-refractivity contribution in [2.45, 2.75) is 52.2 Å². The van der Waals surface area contributed by atoms with Gasteiger partial charge in [0.05, 0.1) is 5.69 Å². The van der Waals surface area contributed by atoms with Gasteiger partial charge in [-0.1, -0.05) is 48.3 Å². The fourth-order valence-corrected chi connectivity index (χ4v) is 5.16. The van der Waals surface area contributed by atoms with Crippen LogP contribution in [0, 0.1) is 5.82 Å². The molecule has 0 aromatic heterocycles. The Kier molecular flexibility index (Phi) is 10.4. The summed E-state index contributed by atoms with van der Waals surface area (Å²) in [6.07, 6.45) is 0.218. The lowest BCUT2D eigenvalue weighted by molar-refractivity contribution is -0.141. The minimum Gasteiger partial charge on any atom is -0.350 e. The van der Waals surface area contributed by atoms with Crippen molar-refractivity contribution in [1.82, 2.24) is 14.5 Å². The molecule has 0 fully saturated rings. The molecule has 2 amide bonds. The summed E-state index contributed by atoms with van der Waals surface area (Å²) in [7, 11) is -1.73. The summed E-state index contributed by atoms with van der Waals surface area (Å²) in [5.41, 5.74) is -0.490. The second kappa shape index (κ2) is 12.4. The predicted molar refractivity (Wildman–Crippen MR) is 145 cm³/mol. The van der Waals surface area contributed by atoms with Gasteiger partial charge in [0.15, 0.2) is 0 Å². The number of halogens is 3. The first-order valence-corrected chi connectivity index (χ1v) is 13.7. The van der Waals surface area contributed by atoms with Crippen LogP contribution in [-0.2, 0) is 26.3 Å². The quantitative estimate of drug-likeness (QED) is 0.453. The molecular formula is C25H33Cl2FN4O4S. The van der Waals surface area contributed by atoms with Gasteiger partial charge in [0, 0.05) is 41.8 Å². The molecule has 8 nitrogen and oxygen atoms in total. The van der Waals surface area contributed by atoms with E-state index in [0.717, 1.165) is 10.4 Å². The summed E-state index contributed by atoms with van der Waals surface area (Å²) in [5.74, 6) is -1.99. The minimum absolute atomic E-state index is 0.166. The summed E-state index contributed by atoms with van der Waals surface area (Å²) < 4.78 is 42.6. The van der Waals surface area contributed by atoms with E-state index in [4.69, 9.17) is 23.2 Å². The number of anilines is 1. The fraction of sp³-hybridized carbons (Fsp3) is 0.440. The minimum atomic E-state index is -4.29. The third-order valence-electron chi connectivity index (χ3n) is 5.41. The van der Waals surface area contributed by atoms with Crippen LogP contribution in [0.3, 0.4) is 0 Å². The molecule has 0 aliphatic rings. The zero-order valence-electron chi connectivity index (χ0n) is 21.8. The number of amides is 2. The average Bonchev–Trinajstić information content (AvgIpc) is 2.78. The van der Waals surface area contributed by atoms with Gasteiger partial charge in [-0.25, -0.2) is 8.70 Å². The first kappa shape index (κ1) is 30.8. The van der Waals surface area contributed by atoms with E-state index in [0.29, 0.717) is 9.87 Å². The maximum Gasteiger partial charge on any atom is 0.304 e. The molecule has 0 heterocycles. The van der Waals surface area contributed by atoms with E-state index in [-0.39, 0.29) is 28.7 Å². The predicted octanol–water partition coefficient (Wildman–Crippen LogP) is 4.47. The van der Waals surface area contributed by atoms with Gasteiger partial charge in [-0.2, -0.15) is 12.7 Å². The lowest BCUT2D eigenvalue weighted by atomic mass is 10.1. The Hall–Kier alpha value is -2.40. The van der Waals surface area contributed by atoms with Crippen molar-refractivity contribution in [2.75, 3.05) is 24.9 Å². The third kappa shape index (κ3) is 7.80. The van der Waals surface area contributed by atoms with Crippen LogP contribution in [0.5, 0.6) is 0 Å². The van der Waals surface area contributed by atoms with E-state index < -0.39 is 46.0 Å². The first-order chi connectivity index (χ1) is 17.1. The van der Waals surface area contributed by atoms with Crippen molar-refractivity contribution in [3.05, 3.63) is 63.9 Å². The Morgan fingerprint density at radius 3 is 2.08 bits per heavy atom. The van der Waals surface area contributed by atoms with Crippen LogP contribution in [0.1, 0.15) is 39.7 Å². The standard InChI is InChI=1S/C25H33Cl2FN4O4S/c1-7-21(24(34)29-25(2,3)4)31(15-17-18(26)11-10-12-19(17)27)23(33)16-32(37(35,36)30(5)6)22-14-9-8-13-20(22)28/h8-14,21H,7,15-16H2,1-6H3,(H,29,34)/t21-/m0/s1. The Bertz CT molecular complexity index is 1220. The lowest BCUT2D eigenvalue weighted by Crippen LogP contribution is -2.55. The highest BCUT2D eigenvalue weighted by atomic mass is 35.5. The largest absolute Gasteiger partial charge is 0.350 e. The van der Waals surface area contributed by atoms with Gasteiger partial charge in [-0.15, -0.1) is 0 Å². The number of hydrogen-bond donors (Lipinski definition) is 1. The molecule has 1 atom stereocenters. The number of hydrogen-bond acceptors (Lipinski definition) is 4. The number of para-hydroxylation sites is 1. The summed E-state index contributed by atoms with van der Waals surface area (Å²) in [6.45, 7) is 6.21. The maximum atomic E-state index is 14.7. The summed E-state index contributed by atoms with van der Waals surface area (Å²) in [5, 5.41) is 3.43. The second-order valence-corrected chi connectivity index (χ2v) is 12.5. The topological polar surface area (TPSA) is 90.0 Å². The van der Waals surface area contributed by atoms with E-state index >= 15 is 0 Å². The van der Waals surface area contributed by atoms with E-state index in [1.807, 2.05) is 0 Å². The van der Waals surface area contributed by atoms with Crippen LogP contribution in [0.25, 0.3) is 0 Å². The van der Waals surface area contributed by atoms with Crippen molar-refractivity contribution in [3.8, 4) is 0 Å². The second-order valence-electron chi connectivity index (χ2n) is 9.63. The zero-order valence-corrected chi connectivity index (χ0v) is 24.1. The molecule has 37 heavy (non-hydrogen) atoms. The molecule has 0 radical (unpaired) electrons. The number of carbonyl (C=O) groups excluding carboxylic acids is 2. The molecular weight excluding hydrogens is 542 g/mol. The van der Waals surface area contributed by atoms with Crippen LogP contribution < -0.4 is 9.62 Å². The number of rotatable bonds is 10. The molecule has 0 spiro atoms. The SMILES string of the molecule is CC[C@@H](C(=O)NC(C)(C)C)N(Cc1c(Cl)cccc1Cl)C(=O)CN(c1ccccc1F)S(=O)(=O)N(C)C. The highest BCUT2D eigenvalue weighted by molar-refractivity contribution is 7.90. The van der Waals surface area contributed by atoms with Gasteiger partial charge < -0.3 is 10.2 Å². The van der Waals surface area contributed by atoms with Crippen LogP contribution >= 0.6 is 23.2 Å². The van der Waals surface area contributed by atoms with Gasteiger partial charge in [-0.05, 0) is 51.5 Å². The first-order valence-electron chi connectivity index (χ1n) is 11.6. The molecule has 0 bridgehead atoms. The molecule has 1 N–H and O–H groups in total. The van der Waals surface area contributed by atoms with E-state index in [9.17, 15) is 22.4 Å². The molecule has 2 aromatic rings. The highest BCUT2D eigenvalue weighted by Crippen LogP contribution is 2.28. The van der Waals surface area contributed by atoms with Crippen molar-refractivity contribution >= 4 is 50.9 Å². The molecule has 0 aliphatic carbocycles. The molecule has 2 aromatic carbocycles. The molecule has 0 saturated heterocycles. The van der Waals surface area contributed by atoms with Crippen LogP contribution in [0.2, 0.25) is 10.0 Å². The average molecular weight is 576 g/mol. The lowest BCUT2D eigenvalue weighted by Gasteiger charge is -2.35. The Morgan fingerprint density at radius 1 is 1.03 bits per heavy atom. The van der Waals surface area contributed by atoms with E-state index in [1.165, 1.54) is 37.2 Å². The fourth-order valence-electron chi connectivity index (χ4n) is 3.58. The van der Waals surface area contributed by atoms with Gasteiger partial charge in [0.2, 0.25) is 11.8 Å². The molecule has 0 aliphatic heterocycles. The van der Waals surface area contributed by atoms with Crippen LogP contribution in [-0.4, -0.2) is 61.7 Å². The molecule has 0 unspecified atom stereocenters. The van der Waals surface area contributed by atoms with Crippen LogP contribution in [0.15, 0.2) is 42.5 Å². The third-order valence-corrected chi connectivity index (χ3v) is 7.93. The zero-order chi connectivity index (χ0) is 28.1. The van der Waals surface area contributed by atoms with E-state index in [1.54, 1.807) is 45.9 Å². The van der Waals surface area contributed by atoms with Crippen molar-refractivity contribution in [2.24, 2.45) is 0 Å². The number of nitrogens with zero attached hydrogens (tertiary/aromatic N) is 3. The van der Waals surface area contributed by atoms with Gasteiger partial charge >= 0.3 is 10.2 Å². The smallest absolute Gasteiger partial charge is 0.304 e. The monoisotopic (exact) mass is 574 g/mol. The van der Waals surface area contributed by atoms with Gasteiger partial charge in [0.25, 0.3) is 0 Å². The Labute approximate surface area is 228 Å². The Balaban J connectivity index is 2.60. The van der Waals surface area contributed by atoms with Crippen molar-refractivity contribution in [3.63, 3.8) is 0 Å². The number of benzene rings is 2. The Morgan fingerprint density at radius 2 is 1.59 bits per heavy atom. The summed E-state index contributed by atoms with van der Waals surface area (Å²) in [6, 6.07) is 9.11. The van der Waals surface area contributed by atoms with Crippen molar-refractivity contribution < 1.29 is 22.4 Å². The normalized spacial score (nSPS) is 12.8. The number of carbonyl (C=O) groups is 2. The summed E-state index contributed by atoms with van der Waals surface area (Å²) >= 11 is 12.7. The molecule has 12 heteroatoms. The number of nitrogens with one attached hydrogen (secondary N) is 1. The van der Waals surface area contributed by atoms with Crippen molar-refractivity contribution in [1.29, 1.82) is 0 Å².